The van der Waals surface area contributed by atoms with E-state index in [1.165, 1.54) is 0 Å². The van der Waals surface area contributed by atoms with E-state index in [0.29, 0.717) is 18.7 Å². The fourth-order valence-electron chi connectivity index (χ4n) is 3.25. The maximum Gasteiger partial charge on any atom is 0.405 e. The van der Waals surface area contributed by atoms with Gasteiger partial charge in [0.1, 0.15) is 10.4 Å². The third-order valence-corrected chi connectivity index (χ3v) is 5.98. The topological polar surface area (TPSA) is 33.5 Å². The predicted octanol–water partition coefficient (Wildman–Crippen LogP) is 5.73. The van der Waals surface area contributed by atoms with Crippen molar-refractivity contribution in [2.75, 3.05) is 18.0 Å². The van der Waals surface area contributed by atoms with Crippen molar-refractivity contribution in [3.63, 3.8) is 0 Å². The summed E-state index contributed by atoms with van der Waals surface area (Å²) < 4.78 is 46.1. The molecule has 0 N–H and O–H groups in total. The highest BCUT2D eigenvalue weighted by Gasteiger charge is 2.44. The lowest BCUT2D eigenvalue weighted by molar-refractivity contribution is -0.128. The summed E-state index contributed by atoms with van der Waals surface area (Å²) in [5.41, 5.74) is 0.236. The summed E-state index contributed by atoms with van der Waals surface area (Å²) in [4.78, 5) is 12.6. The zero-order valence-corrected chi connectivity index (χ0v) is 16.5. The van der Waals surface area contributed by atoms with Gasteiger partial charge in [0.25, 0.3) is 0 Å². The van der Waals surface area contributed by atoms with Crippen LogP contribution in [0, 0.1) is 12.3 Å². The third-order valence-electron chi connectivity index (χ3n) is 5.01. The molecule has 1 aromatic heterocycles. The highest BCUT2D eigenvalue weighted by atomic mass is 79.9. The molecule has 0 radical (unpaired) electrons. The Morgan fingerprint density at radius 2 is 1.85 bits per heavy atom. The summed E-state index contributed by atoms with van der Waals surface area (Å²) in [6.07, 6.45) is -2.95. The summed E-state index contributed by atoms with van der Waals surface area (Å²) in [5.74, 6) is 0.0288. The van der Waals surface area contributed by atoms with Gasteiger partial charge in [-0.25, -0.2) is 0 Å². The molecule has 2 heterocycles. The van der Waals surface area contributed by atoms with E-state index in [0.717, 1.165) is 18.4 Å². The normalized spacial score (nSPS) is 19.0. The van der Waals surface area contributed by atoms with Crippen LogP contribution in [-0.2, 0) is 0 Å². The van der Waals surface area contributed by atoms with Gasteiger partial charge in [-0.3, -0.25) is 4.79 Å². The van der Waals surface area contributed by atoms with E-state index in [9.17, 15) is 18.0 Å². The van der Waals surface area contributed by atoms with Crippen molar-refractivity contribution < 1.29 is 17.6 Å². The van der Waals surface area contributed by atoms with Gasteiger partial charge in [-0.05, 0) is 37.3 Å². The molecule has 1 unspecified atom stereocenters. The second kappa shape index (κ2) is 6.59. The molecule has 0 bridgehead atoms. The van der Waals surface area contributed by atoms with Gasteiger partial charge in [-0.15, -0.1) is 0 Å². The van der Waals surface area contributed by atoms with Crippen molar-refractivity contribution in [2.45, 2.75) is 44.6 Å². The molecule has 0 spiro atoms. The lowest BCUT2D eigenvalue weighted by atomic mass is 9.82. The first-order valence-corrected chi connectivity index (χ1v) is 9.44. The molecule has 1 aliphatic heterocycles. The molecule has 1 atom stereocenters. The molecule has 0 amide bonds. The molecule has 142 valence electrons. The van der Waals surface area contributed by atoms with Crippen LogP contribution in [0.2, 0.25) is 0 Å². The molecular weight excluding hydrogens is 411 g/mol. The second-order valence-corrected chi connectivity index (χ2v) is 8.62. The van der Waals surface area contributed by atoms with Crippen LogP contribution >= 0.6 is 15.9 Å². The number of anilines is 1. The van der Waals surface area contributed by atoms with Gasteiger partial charge in [-0.2, -0.15) is 13.2 Å². The van der Waals surface area contributed by atoms with Crippen LogP contribution in [-0.4, -0.2) is 19.3 Å². The van der Waals surface area contributed by atoms with Gasteiger partial charge in [0.15, 0.2) is 5.43 Å². The molecule has 2 aromatic rings. The van der Waals surface area contributed by atoms with Crippen LogP contribution in [0.1, 0.15) is 42.6 Å². The Hall–Kier alpha value is -1.50. The Bertz CT molecular complexity index is 879. The Morgan fingerprint density at radius 3 is 2.42 bits per heavy atom. The number of benzene rings is 1. The molecule has 1 aliphatic rings. The third kappa shape index (κ3) is 3.63. The minimum atomic E-state index is -4.59. The Morgan fingerprint density at radius 1 is 1.23 bits per heavy atom. The van der Waals surface area contributed by atoms with E-state index in [1.54, 1.807) is 30.0 Å². The lowest BCUT2D eigenvalue weighted by Crippen LogP contribution is -2.39. The van der Waals surface area contributed by atoms with Gasteiger partial charge in [0.2, 0.25) is 5.88 Å². The zero-order valence-electron chi connectivity index (χ0n) is 14.9. The Balaban J connectivity index is 2.20. The number of halogens is 4. The largest absolute Gasteiger partial charge is 0.440 e. The van der Waals surface area contributed by atoms with E-state index in [2.05, 4.69) is 29.8 Å². The number of piperidine rings is 1. The number of rotatable bonds is 2. The molecule has 7 heteroatoms. The Labute approximate surface area is 158 Å². The SMILES string of the molecule is Cc1ccc2oc(N3CCC(C)(C)CC3)c(C(Br)C(F)(F)F)c(=O)c2c1. The minimum Gasteiger partial charge on any atom is -0.440 e. The van der Waals surface area contributed by atoms with Gasteiger partial charge < -0.3 is 9.32 Å². The molecule has 0 saturated carbocycles. The maximum atomic E-state index is 13.4. The molecule has 3 nitrogen and oxygen atoms in total. The van der Waals surface area contributed by atoms with Crippen LogP contribution in [0.3, 0.4) is 0 Å². The fraction of sp³-hybridized carbons (Fsp3) is 0.526. The number of alkyl halides is 4. The summed E-state index contributed by atoms with van der Waals surface area (Å²) >= 11 is 2.69. The van der Waals surface area contributed by atoms with E-state index >= 15 is 0 Å². The maximum absolute atomic E-state index is 13.4. The van der Waals surface area contributed by atoms with E-state index < -0.39 is 16.4 Å². The summed E-state index contributed by atoms with van der Waals surface area (Å²) in [6, 6.07) is 5.00. The Kier molecular flexibility index (Phi) is 4.88. The highest BCUT2D eigenvalue weighted by Crippen LogP contribution is 2.44. The molecule has 1 saturated heterocycles. The fourth-order valence-corrected chi connectivity index (χ4v) is 3.65. The lowest BCUT2D eigenvalue weighted by Gasteiger charge is -2.38. The van der Waals surface area contributed by atoms with E-state index in [-0.39, 0.29) is 22.2 Å². The average molecular weight is 432 g/mol. The van der Waals surface area contributed by atoms with Gasteiger partial charge in [0.05, 0.1) is 10.9 Å². The summed E-state index contributed by atoms with van der Waals surface area (Å²) in [7, 11) is 0. The molecule has 0 aliphatic carbocycles. The van der Waals surface area contributed by atoms with Crippen molar-refractivity contribution in [3.8, 4) is 0 Å². The quantitative estimate of drug-likeness (QED) is 0.569. The van der Waals surface area contributed by atoms with Crippen molar-refractivity contribution in [1.82, 2.24) is 0 Å². The van der Waals surface area contributed by atoms with Crippen LogP contribution < -0.4 is 10.3 Å². The second-order valence-electron chi connectivity index (χ2n) is 7.71. The first kappa shape index (κ1) is 19.3. The van der Waals surface area contributed by atoms with E-state index in [4.69, 9.17) is 4.42 Å². The van der Waals surface area contributed by atoms with Crippen LogP contribution in [0.4, 0.5) is 19.1 Å². The molecule has 1 aromatic carbocycles. The van der Waals surface area contributed by atoms with Crippen LogP contribution in [0.15, 0.2) is 27.4 Å². The number of nitrogens with zero attached hydrogens (tertiary/aromatic N) is 1. The molecule has 1 fully saturated rings. The first-order valence-electron chi connectivity index (χ1n) is 8.53. The summed E-state index contributed by atoms with van der Waals surface area (Å²) in [6.45, 7) is 7.16. The van der Waals surface area contributed by atoms with Crippen molar-refractivity contribution in [3.05, 3.63) is 39.5 Å². The van der Waals surface area contributed by atoms with Crippen molar-refractivity contribution in [1.29, 1.82) is 0 Å². The summed E-state index contributed by atoms with van der Waals surface area (Å²) in [5, 5.41) is 0.176. The van der Waals surface area contributed by atoms with Crippen LogP contribution in [0.5, 0.6) is 0 Å². The van der Waals surface area contributed by atoms with Crippen LogP contribution in [0.25, 0.3) is 11.0 Å². The number of hydrogen-bond acceptors (Lipinski definition) is 3. The monoisotopic (exact) mass is 431 g/mol. The van der Waals surface area contributed by atoms with Gasteiger partial charge in [-0.1, -0.05) is 41.4 Å². The highest BCUT2D eigenvalue weighted by molar-refractivity contribution is 9.09. The standard InChI is InChI=1S/C19H21BrF3NO2/c1-11-4-5-13-12(10-11)15(25)14(16(20)19(21,22)23)17(26-13)24-8-6-18(2,3)7-9-24/h4-5,10,16H,6-9H2,1-3H3. The predicted molar refractivity (Wildman–Crippen MR) is 100 cm³/mol. The number of fused-ring (bicyclic) bond motifs is 1. The molecule has 26 heavy (non-hydrogen) atoms. The number of aryl methyl sites for hydroxylation is 1. The minimum absolute atomic E-state index is 0.0288. The van der Waals surface area contributed by atoms with E-state index in [1.807, 2.05) is 0 Å². The number of hydrogen-bond donors (Lipinski definition) is 0. The molecular formula is C19H21BrF3NO2. The van der Waals surface area contributed by atoms with Gasteiger partial charge >= 0.3 is 6.18 Å². The smallest absolute Gasteiger partial charge is 0.405 e. The van der Waals surface area contributed by atoms with Crippen molar-refractivity contribution >= 4 is 32.8 Å². The van der Waals surface area contributed by atoms with Crippen molar-refractivity contribution in [2.24, 2.45) is 5.41 Å². The average Bonchev–Trinajstić information content (AvgIpc) is 2.54. The molecule has 3 rings (SSSR count). The first-order chi connectivity index (χ1) is 12.0. The zero-order chi connectivity index (χ0) is 19.3. The van der Waals surface area contributed by atoms with Gasteiger partial charge in [0, 0.05) is 13.1 Å².